The van der Waals surface area contributed by atoms with Gasteiger partial charge in [-0.15, -0.1) is 0 Å². The molecule has 0 atom stereocenters. The summed E-state index contributed by atoms with van der Waals surface area (Å²) in [6, 6.07) is 9.03. The van der Waals surface area contributed by atoms with Gasteiger partial charge in [0.1, 0.15) is 0 Å². The third-order valence-corrected chi connectivity index (χ3v) is 3.80. The van der Waals surface area contributed by atoms with Gasteiger partial charge in [0.05, 0.1) is 0 Å². The van der Waals surface area contributed by atoms with Crippen LogP contribution in [0, 0.1) is 5.41 Å². The quantitative estimate of drug-likeness (QED) is 0.889. The molecule has 0 aromatic heterocycles. The van der Waals surface area contributed by atoms with Crippen molar-refractivity contribution < 1.29 is 0 Å². The molecule has 1 aromatic carbocycles. The number of hydrogen-bond donors (Lipinski definition) is 1. The van der Waals surface area contributed by atoms with Crippen molar-refractivity contribution in [2.75, 3.05) is 18.0 Å². The van der Waals surface area contributed by atoms with Gasteiger partial charge in [-0.25, -0.2) is 0 Å². The van der Waals surface area contributed by atoms with Crippen LogP contribution in [0.1, 0.15) is 46.6 Å². The molecule has 0 radical (unpaired) electrons. The maximum atomic E-state index is 3.53. The molecule has 106 valence electrons. The summed E-state index contributed by atoms with van der Waals surface area (Å²) < 4.78 is 0. The van der Waals surface area contributed by atoms with E-state index in [4.69, 9.17) is 0 Å². The molecule has 2 heteroatoms. The van der Waals surface area contributed by atoms with Gasteiger partial charge in [-0.05, 0) is 50.3 Å². The topological polar surface area (TPSA) is 15.3 Å². The number of rotatable bonds is 3. The van der Waals surface area contributed by atoms with E-state index in [1.54, 1.807) is 0 Å². The highest BCUT2D eigenvalue weighted by molar-refractivity contribution is 5.48. The molecular formula is C17H28N2. The molecule has 19 heavy (non-hydrogen) atoms. The van der Waals surface area contributed by atoms with Crippen molar-refractivity contribution >= 4 is 5.69 Å². The van der Waals surface area contributed by atoms with Gasteiger partial charge in [-0.1, -0.05) is 26.0 Å². The largest absolute Gasteiger partial charge is 0.371 e. The Hall–Kier alpha value is -1.02. The Balaban J connectivity index is 1.95. The minimum Gasteiger partial charge on any atom is -0.371 e. The average Bonchev–Trinajstić information content (AvgIpc) is 2.67. The predicted molar refractivity (Wildman–Crippen MR) is 83.6 cm³/mol. The van der Waals surface area contributed by atoms with E-state index >= 15 is 0 Å². The van der Waals surface area contributed by atoms with Crippen LogP contribution in [-0.4, -0.2) is 18.6 Å². The van der Waals surface area contributed by atoms with E-state index in [-0.39, 0.29) is 5.54 Å². The number of benzene rings is 1. The van der Waals surface area contributed by atoms with Gasteiger partial charge in [0.15, 0.2) is 0 Å². The van der Waals surface area contributed by atoms with Crippen LogP contribution >= 0.6 is 0 Å². The molecular weight excluding hydrogens is 232 g/mol. The summed E-state index contributed by atoms with van der Waals surface area (Å²) in [5, 5.41) is 3.53. The summed E-state index contributed by atoms with van der Waals surface area (Å²) in [7, 11) is 0. The molecule has 1 aliphatic heterocycles. The van der Waals surface area contributed by atoms with Gasteiger partial charge in [0, 0.05) is 30.9 Å². The minimum atomic E-state index is 0.178. The van der Waals surface area contributed by atoms with Gasteiger partial charge in [0.25, 0.3) is 0 Å². The van der Waals surface area contributed by atoms with Crippen LogP contribution in [0.2, 0.25) is 0 Å². The summed E-state index contributed by atoms with van der Waals surface area (Å²) in [6.07, 6.45) is 1.29. The molecule has 1 N–H and O–H groups in total. The van der Waals surface area contributed by atoms with Crippen molar-refractivity contribution in [1.29, 1.82) is 0 Å². The molecule has 0 saturated carbocycles. The van der Waals surface area contributed by atoms with Gasteiger partial charge < -0.3 is 10.2 Å². The lowest BCUT2D eigenvalue weighted by molar-refractivity contribution is 0.418. The molecule has 0 aliphatic carbocycles. The highest BCUT2D eigenvalue weighted by Gasteiger charge is 2.29. The van der Waals surface area contributed by atoms with E-state index in [2.05, 4.69) is 69.1 Å². The molecule has 1 fully saturated rings. The zero-order valence-electron chi connectivity index (χ0n) is 13.1. The number of anilines is 1. The number of nitrogens with one attached hydrogen (secondary N) is 1. The first kappa shape index (κ1) is 14.4. The first-order chi connectivity index (χ1) is 8.75. The number of hydrogen-bond acceptors (Lipinski definition) is 2. The zero-order valence-corrected chi connectivity index (χ0v) is 13.1. The second-order valence-corrected chi connectivity index (χ2v) is 7.61. The first-order valence-corrected chi connectivity index (χ1v) is 7.34. The summed E-state index contributed by atoms with van der Waals surface area (Å²) in [6.45, 7) is 14.6. The highest BCUT2D eigenvalue weighted by atomic mass is 15.2. The molecule has 2 rings (SSSR count). The third-order valence-electron chi connectivity index (χ3n) is 3.80. The molecule has 1 aromatic rings. The molecule has 0 amide bonds. The van der Waals surface area contributed by atoms with Crippen molar-refractivity contribution in [3.8, 4) is 0 Å². The van der Waals surface area contributed by atoms with Crippen molar-refractivity contribution in [1.82, 2.24) is 5.32 Å². The van der Waals surface area contributed by atoms with Crippen molar-refractivity contribution in [2.45, 2.75) is 53.1 Å². The Labute approximate surface area is 118 Å². The molecule has 1 saturated heterocycles. The number of nitrogens with zero attached hydrogens (tertiary/aromatic N) is 1. The van der Waals surface area contributed by atoms with Crippen LogP contribution < -0.4 is 10.2 Å². The summed E-state index contributed by atoms with van der Waals surface area (Å²) in [5.74, 6) is 0. The Morgan fingerprint density at radius 3 is 2.26 bits per heavy atom. The van der Waals surface area contributed by atoms with Crippen molar-refractivity contribution in [3.05, 3.63) is 29.8 Å². The van der Waals surface area contributed by atoms with Crippen LogP contribution in [0.4, 0.5) is 5.69 Å². The van der Waals surface area contributed by atoms with E-state index in [0.29, 0.717) is 5.41 Å². The first-order valence-electron chi connectivity index (χ1n) is 7.34. The molecule has 1 heterocycles. The molecule has 1 aliphatic rings. The van der Waals surface area contributed by atoms with Crippen LogP contribution in [0.3, 0.4) is 0 Å². The molecule has 2 nitrogen and oxygen atoms in total. The second kappa shape index (κ2) is 5.16. The normalized spacial score (nSPS) is 18.9. The zero-order chi connectivity index (χ0) is 14.1. The van der Waals surface area contributed by atoms with Crippen molar-refractivity contribution in [3.63, 3.8) is 0 Å². The van der Waals surface area contributed by atoms with E-state index in [0.717, 1.165) is 6.54 Å². The lowest BCUT2D eigenvalue weighted by Crippen LogP contribution is -2.35. The SMILES string of the molecule is CC1(C)CCN(c2ccc(CNC(C)(C)C)cc2)C1. The monoisotopic (exact) mass is 260 g/mol. The van der Waals surface area contributed by atoms with E-state index in [1.807, 2.05) is 0 Å². The van der Waals surface area contributed by atoms with Gasteiger partial charge >= 0.3 is 0 Å². The third kappa shape index (κ3) is 4.24. The summed E-state index contributed by atoms with van der Waals surface area (Å²) in [4.78, 5) is 2.50. The lowest BCUT2D eigenvalue weighted by Gasteiger charge is -2.23. The standard InChI is InChI=1S/C17H28N2/c1-16(2,3)18-12-14-6-8-15(9-7-14)19-11-10-17(4,5)13-19/h6-9,18H,10-13H2,1-5H3. The fourth-order valence-electron chi connectivity index (χ4n) is 2.52. The lowest BCUT2D eigenvalue weighted by atomic mass is 9.93. The van der Waals surface area contributed by atoms with Crippen LogP contribution in [-0.2, 0) is 6.54 Å². The maximum absolute atomic E-state index is 3.53. The van der Waals surface area contributed by atoms with E-state index < -0.39 is 0 Å². The average molecular weight is 260 g/mol. The van der Waals surface area contributed by atoms with Gasteiger partial charge in [0.2, 0.25) is 0 Å². The Bertz CT molecular complexity index is 412. The van der Waals surface area contributed by atoms with Gasteiger partial charge in [-0.2, -0.15) is 0 Å². The Morgan fingerprint density at radius 2 is 1.79 bits per heavy atom. The molecule has 0 spiro atoms. The molecule has 0 bridgehead atoms. The highest BCUT2D eigenvalue weighted by Crippen LogP contribution is 2.32. The van der Waals surface area contributed by atoms with E-state index in [1.165, 1.54) is 30.8 Å². The van der Waals surface area contributed by atoms with E-state index in [9.17, 15) is 0 Å². The summed E-state index contributed by atoms with van der Waals surface area (Å²) in [5.41, 5.74) is 3.37. The molecule has 0 unspecified atom stereocenters. The predicted octanol–water partition coefficient (Wildman–Crippen LogP) is 3.81. The fourth-order valence-corrected chi connectivity index (χ4v) is 2.52. The van der Waals surface area contributed by atoms with Gasteiger partial charge in [-0.3, -0.25) is 0 Å². The van der Waals surface area contributed by atoms with Crippen molar-refractivity contribution in [2.24, 2.45) is 5.41 Å². The fraction of sp³-hybridized carbons (Fsp3) is 0.647. The van der Waals surface area contributed by atoms with Crippen LogP contribution in [0.5, 0.6) is 0 Å². The summed E-state index contributed by atoms with van der Waals surface area (Å²) >= 11 is 0. The maximum Gasteiger partial charge on any atom is 0.0366 e. The smallest absolute Gasteiger partial charge is 0.0366 e. The van der Waals surface area contributed by atoms with Crippen LogP contribution in [0.25, 0.3) is 0 Å². The van der Waals surface area contributed by atoms with Crippen LogP contribution in [0.15, 0.2) is 24.3 Å². The Kier molecular flexibility index (Phi) is 3.91. The minimum absolute atomic E-state index is 0.178. The Morgan fingerprint density at radius 1 is 1.16 bits per heavy atom. The second-order valence-electron chi connectivity index (χ2n) is 7.61.